The average molecular weight is 378 g/mol. The van der Waals surface area contributed by atoms with Crippen LogP contribution in [0.2, 0.25) is 0 Å². The monoisotopic (exact) mass is 378 g/mol. The maximum absolute atomic E-state index is 12.6. The molecule has 1 aromatic carbocycles. The van der Waals surface area contributed by atoms with Crippen molar-refractivity contribution in [2.45, 2.75) is 27.3 Å². The molecule has 0 aliphatic carbocycles. The minimum atomic E-state index is -0.474. The number of amides is 1. The van der Waals surface area contributed by atoms with Gasteiger partial charge in [-0.2, -0.15) is 9.98 Å². The Labute approximate surface area is 159 Å². The van der Waals surface area contributed by atoms with Crippen LogP contribution < -0.4 is 4.80 Å². The summed E-state index contributed by atoms with van der Waals surface area (Å²) in [6.07, 6.45) is 1.92. The van der Waals surface area contributed by atoms with Crippen molar-refractivity contribution in [3.8, 4) is 0 Å². The van der Waals surface area contributed by atoms with Crippen LogP contribution in [0.15, 0.2) is 46.9 Å². The van der Waals surface area contributed by atoms with Crippen molar-refractivity contribution in [3.63, 3.8) is 0 Å². The fraction of sp³-hybridized carbons (Fsp3) is 0.211. The number of fused-ring (bicyclic) bond motifs is 1. The van der Waals surface area contributed by atoms with Crippen LogP contribution >= 0.6 is 11.3 Å². The highest BCUT2D eigenvalue weighted by Crippen LogP contribution is 2.07. The summed E-state index contributed by atoms with van der Waals surface area (Å²) in [5.74, 6) is -0.0195. The van der Waals surface area contributed by atoms with Crippen LogP contribution in [0.4, 0.5) is 0 Å². The molecular formula is C19H18N6OS. The number of aromatic nitrogens is 5. The van der Waals surface area contributed by atoms with Gasteiger partial charge in [-0.3, -0.25) is 4.79 Å². The second kappa shape index (κ2) is 6.88. The number of benzene rings is 1. The molecule has 4 rings (SSSR count). The van der Waals surface area contributed by atoms with Gasteiger partial charge in [0.25, 0.3) is 5.78 Å². The summed E-state index contributed by atoms with van der Waals surface area (Å²) >= 11 is 1.40. The van der Waals surface area contributed by atoms with Gasteiger partial charge in [-0.25, -0.2) is 9.50 Å². The first-order valence-corrected chi connectivity index (χ1v) is 9.37. The number of hydrogen-bond acceptors (Lipinski definition) is 5. The zero-order valence-corrected chi connectivity index (χ0v) is 16.1. The third-order valence-corrected chi connectivity index (χ3v) is 4.93. The van der Waals surface area contributed by atoms with E-state index in [1.54, 1.807) is 4.52 Å². The maximum atomic E-state index is 12.6. The lowest BCUT2D eigenvalue weighted by Gasteiger charge is -2.03. The summed E-state index contributed by atoms with van der Waals surface area (Å²) in [7, 11) is 0. The Morgan fingerprint density at radius 2 is 1.93 bits per heavy atom. The lowest BCUT2D eigenvalue weighted by atomic mass is 10.1. The van der Waals surface area contributed by atoms with Gasteiger partial charge in [-0.05, 0) is 32.4 Å². The largest absolute Gasteiger partial charge is 0.319 e. The highest BCUT2D eigenvalue weighted by Gasteiger charge is 2.14. The fourth-order valence-electron chi connectivity index (χ4n) is 2.79. The van der Waals surface area contributed by atoms with E-state index < -0.39 is 5.91 Å². The average Bonchev–Trinajstić information content (AvgIpc) is 3.24. The molecule has 0 radical (unpaired) electrons. The van der Waals surface area contributed by atoms with Gasteiger partial charge in [0.15, 0.2) is 4.80 Å². The van der Waals surface area contributed by atoms with E-state index in [-0.39, 0.29) is 5.82 Å². The predicted octanol–water partition coefficient (Wildman–Crippen LogP) is 2.70. The Morgan fingerprint density at radius 3 is 2.70 bits per heavy atom. The zero-order valence-electron chi connectivity index (χ0n) is 15.2. The first kappa shape index (κ1) is 17.3. The molecule has 0 aliphatic heterocycles. The van der Waals surface area contributed by atoms with Crippen LogP contribution in [0.5, 0.6) is 0 Å². The van der Waals surface area contributed by atoms with E-state index in [4.69, 9.17) is 0 Å². The van der Waals surface area contributed by atoms with Crippen LogP contribution in [0.3, 0.4) is 0 Å². The van der Waals surface area contributed by atoms with Crippen molar-refractivity contribution in [2.75, 3.05) is 0 Å². The van der Waals surface area contributed by atoms with Crippen LogP contribution in [-0.2, 0) is 6.54 Å². The summed E-state index contributed by atoms with van der Waals surface area (Å²) in [5, 5.41) is 6.16. The Kier molecular flexibility index (Phi) is 4.41. The number of hydrogen-bond donors (Lipinski definition) is 0. The number of thiazole rings is 1. The van der Waals surface area contributed by atoms with Crippen LogP contribution in [0.25, 0.3) is 5.78 Å². The minimum absolute atomic E-state index is 0.0477. The lowest BCUT2D eigenvalue weighted by molar-refractivity contribution is 0.0988. The Hall–Kier alpha value is -3.13. The molecule has 3 heterocycles. The number of carbonyl (C=O) groups excluding carboxylic acids is 1. The Morgan fingerprint density at radius 1 is 1.15 bits per heavy atom. The van der Waals surface area contributed by atoms with Crippen LogP contribution in [0.1, 0.15) is 33.1 Å². The summed E-state index contributed by atoms with van der Waals surface area (Å²) < 4.78 is 3.50. The second-order valence-corrected chi connectivity index (χ2v) is 7.28. The molecule has 0 aliphatic rings. The molecule has 3 aromatic heterocycles. The van der Waals surface area contributed by atoms with E-state index in [1.165, 1.54) is 16.9 Å². The van der Waals surface area contributed by atoms with Crippen molar-refractivity contribution in [1.29, 1.82) is 0 Å². The topological polar surface area (TPSA) is 77.4 Å². The molecule has 0 atom stereocenters. The maximum Gasteiger partial charge on any atom is 0.319 e. The quantitative estimate of drug-likeness (QED) is 0.549. The standard InChI is InChI=1S/C19H18N6OS/c1-12-4-6-15(7-5-12)11-24-8-9-27-19(24)22-17(26)16-21-18-20-13(2)10-14(3)25(18)23-16/h4-10H,11H2,1-3H3. The molecule has 0 fully saturated rings. The van der Waals surface area contributed by atoms with E-state index in [2.05, 4.69) is 51.2 Å². The molecule has 27 heavy (non-hydrogen) atoms. The molecule has 0 spiro atoms. The van der Waals surface area contributed by atoms with E-state index >= 15 is 0 Å². The Bertz CT molecular complexity index is 1200. The van der Waals surface area contributed by atoms with Gasteiger partial charge in [0.2, 0.25) is 5.82 Å². The molecule has 1 amide bonds. The fourth-order valence-corrected chi connectivity index (χ4v) is 3.52. The summed E-state index contributed by atoms with van der Waals surface area (Å²) in [6, 6.07) is 10.2. The predicted molar refractivity (Wildman–Crippen MR) is 103 cm³/mol. The summed E-state index contributed by atoms with van der Waals surface area (Å²) in [5.41, 5.74) is 4.06. The number of carbonyl (C=O) groups is 1. The minimum Gasteiger partial charge on any atom is -0.319 e. The van der Waals surface area contributed by atoms with Gasteiger partial charge in [0, 0.05) is 29.5 Å². The van der Waals surface area contributed by atoms with Gasteiger partial charge >= 0.3 is 5.91 Å². The normalized spacial score (nSPS) is 12.0. The molecule has 8 heteroatoms. The number of aryl methyl sites for hydroxylation is 3. The highest BCUT2D eigenvalue weighted by molar-refractivity contribution is 7.07. The van der Waals surface area contributed by atoms with E-state index in [1.807, 2.05) is 36.1 Å². The van der Waals surface area contributed by atoms with E-state index in [0.717, 1.165) is 17.0 Å². The molecule has 0 bridgehead atoms. The van der Waals surface area contributed by atoms with Gasteiger partial charge in [-0.15, -0.1) is 16.4 Å². The molecule has 0 saturated heterocycles. The van der Waals surface area contributed by atoms with Crippen molar-refractivity contribution < 1.29 is 4.79 Å². The first-order valence-electron chi connectivity index (χ1n) is 8.49. The third kappa shape index (κ3) is 3.56. The molecule has 0 saturated carbocycles. The van der Waals surface area contributed by atoms with Gasteiger partial charge < -0.3 is 4.57 Å². The smallest absolute Gasteiger partial charge is 0.319 e. The summed E-state index contributed by atoms with van der Waals surface area (Å²) in [6.45, 7) is 6.49. The second-order valence-electron chi connectivity index (χ2n) is 6.40. The third-order valence-electron chi connectivity index (χ3n) is 4.14. The SMILES string of the molecule is Cc1ccc(Cn2ccsc2=NC(=O)c2nc3nc(C)cc(C)n3n2)cc1. The van der Waals surface area contributed by atoms with Crippen molar-refractivity contribution in [2.24, 2.45) is 4.99 Å². The molecule has 136 valence electrons. The molecule has 0 N–H and O–H groups in total. The van der Waals surface area contributed by atoms with Crippen LogP contribution in [0, 0.1) is 20.8 Å². The van der Waals surface area contributed by atoms with Crippen molar-refractivity contribution in [1.82, 2.24) is 24.1 Å². The van der Waals surface area contributed by atoms with Crippen molar-refractivity contribution >= 4 is 23.0 Å². The molecule has 4 aromatic rings. The lowest BCUT2D eigenvalue weighted by Crippen LogP contribution is -2.17. The van der Waals surface area contributed by atoms with Crippen molar-refractivity contribution in [3.05, 3.63) is 75.0 Å². The van der Waals surface area contributed by atoms with Crippen LogP contribution in [-0.4, -0.2) is 30.1 Å². The Balaban J connectivity index is 1.66. The summed E-state index contributed by atoms with van der Waals surface area (Å²) in [4.78, 5) is 26.0. The molecule has 0 unspecified atom stereocenters. The number of nitrogens with zero attached hydrogens (tertiary/aromatic N) is 6. The zero-order chi connectivity index (χ0) is 19.0. The van der Waals surface area contributed by atoms with Gasteiger partial charge in [0.1, 0.15) is 0 Å². The van der Waals surface area contributed by atoms with Gasteiger partial charge in [0.05, 0.1) is 0 Å². The first-order chi connectivity index (χ1) is 13.0. The highest BCUT2D eigenvalue weighted by atomic mass is 32.1. The van der Waals surface area contributed by atoms with E-state index in [9.17, 15) is 4.79 Å². The number of rotatable bonds is 3. The molecule has 7 nitrogen and oxygen atoms in total. The van der Waals surface area contributed by atoms with Gasteiger partial charge in [-0.1, -0.05) is 29.8 Å². The van der Waals surface area contributed by atoms with E-state index in [0.29, 0.717) is 17.1 Å². The molecular weight excluding hydrogens is 360 g/mol.